The predicted molar refractivity (Wildman–Crippen MR) is 118 cm³/mol. The number of thiazole rings is 1. The lowest BCUT2D eigenvalue weighted by Crippen LogP contribution is -2.41. The molecule has 0 aliphatic carbocycles. The molecule has 3 heterocycles. The Morgan fingerprint density at radius 3 is 2.45 bits per heavy atom. The number of amides is 2. The smallest absolute Gasteiger partial charge is 0.281 e. The Bertz CT molecular complexity index is 1110. The second-order valence-electron chi connectivity index (χ2n) is 6.92. The quantitative estimate of drug-likeness (QED) is 0.580. The highest BCUT2D eigenvalue weighted by Crippen LogP contribution is 2.27. The highest BCUT2D eigenvalue weighted by molar-refractivity contribution is 7.17. The van der Waals surface area contributed by atoms with Gasteiger partial charge in [0.1, 0.15) is 15.6 Å². The first-order chi connectivity index (χ1) is 15.0. The van der Waals surface area contributed by atoms with Crippen LogP contribution < -0.4 is 15.8 Å². The van der Waals surface area contributed by atoms with Crippen molar-refractivity contribution in [3.05, 3.63) is 57.3 Å². The Labute approximate surface area is 187 Å². The first-order valence-corrected chi connectivity index (χ1v) is 10.9. The number of hydrogen-bond donors (Lipinski definition) is 2. The molecule has 11 heteroatoms. The van der Waals surface area contributed by atoms with E-state index in [9.17, 15) is 9.59 Å². The molecule has 1 fully saturated rings. The molecule has 2 amide bonds. The minimum Gasteiger partial charge on any atom is -0.378 e. The van der Waals surface area contributed by atoms with Gasteiger partial charge in [-0.1, -0.05) is 41.1 Å². The number of benzene rings is 1. The fourth-order valence-electron chi connectivity index (χ4n) is 3.21. The number of ether oxygens (including phenoxy) is 1. The van der Waals surface area contributed by atoms with Crippen molar-refractivity contribution < 1.29 is 14.3 Å². The molecule has 0 atom stereocenters. The number of carbonyl (C=O) groups is 2. The van der Waals surface area contributed by atoms with Gasteiger partial charge in [-0.25, -0.2) is 9.67 Å². The predicted octanol–water partition coefficient (Wildman–Crippen LogP) is 2.51. The highest BCUT2D eigenvalue weighted by Gasteiger charge is 2.24. The molecular formula is C20H21ClN6O3S. The van der Waals surface area contributed by atoms with Gasteiger partial charge in [-0.2, -0.15) is 5.10 Å². The Hall–Kier alpha value is -2.95. The number of hydrazine groups is 1. The fraction of sp³-hybridized carbons (Fsp3) is 0.300. The van der Waals surface area contributed by atoms with E-state index < -0.39 is 11.8 Å². The lowest BCUT2D eigenvalue weighted by Gasteiger charge is -2.25. The summed E-state index contributed by atoms with van der Waals surface area (Å²) in [5.41, 5.74) is 6.86. The van der Waals surface area contributed by atoms with Crippen LogP contribution in [0.4, 0.5) is 5.13 Å². The Morgan fingerprint density at radius 1 is 1.06 bits per heavy atom. The third-order valence-electron chi connectivity index (χ3n) is 4.79. The summed E-state index contributed by atoms with van der Waals surface area (Å²) in [6.07, 6.45) is 0. The van der Waals surface area contributed by atoms with Gasteiger partial charge in [0.15, 0.2) is 5.13 Å². The molecule has 0 bridgehead atoms. The van der Waals surface area contributed by atoms with Gasteiger partial charge in [0.2, 0.25) is 0 Å². The lowest BCUT2D eigenvalue weighted by molar-refractivity contribution is 0.0848. The van der Waals surface area contributed by atoms with Crippen molar-refractivity contribution >= 4 is 39.9 Å². The summed E-state index contributed by atoms with van der Waals surface area (Å²) in [5.74, 6) is -0.985. The van der Waals surface area contributed by atoms with Crippen LogP contribution in [0.15, 0.2) is 30.3 Å². The van der Waals surface area contributed by atoms with Gasteiger partial charge < -0.3 is 9.64 Å². The molecule has 1 aliphatic rings. The van der Waals surface area contributed by atoms with Gasteiger partial charge in [0, 0.05) is 13.1 Å². The van der Waals surface area contributed by atoms with Crippen LogP contribution in [-0.2, 0) is 4.74 Å². The van der Waals surface area contributed by atoms with E-state index in [0.717, 1.165) is 23.9 Å². The zero-order chi connectivity index (χ0) is 22.0. The van der Waals surface area contributed by atoms with Crippen molar-refractivity contribution in [1.29, 1.82) is 0 Å². The Kier molecular flexibility index (Phi) is 6.21. The van der Waals surface area contributed by atoms with Crippen LogP contribution in [0, 0.1) is 13.8 Å². The fourth-order valence-corrected chi connectivity index (χ4v) is 4.58. The maximum absolute atomic E-state index is 12.7. The van der Waals surface area contributed by atoms with Crippen LogP contribution in [0.3, 0.4) is 0 Å². The third-order valence-corrected chi connectivity index (χ3v) is 6.36. The second kappa shape index (κ2) is 9.04. The van der Waals surface area contributed by atoms with Crippen molar-refractivity contribution in [3.8, 4) is 5.69 Å². The molecule has 2 N–H and O–H groups in total. The molecule has 2 aromatic heterocycles. The Morgan fingerprint density at radius 2 is 1.74 bits per heavy atom. The number of nitrogens with one attached hydrogen (secondary N) is 2. The van der Waals surface area contributed by atoms with Crippen LogP contribution in [0.1, 0.15) is 31.4 Å². The van der Waals surface area contributed by atoms with Gasteiger partial charge in [0.25, 0.3) is 11.8 Å². The number of nitrogens with zero attached hydrogens (tertiary/aromatic N) is 4. The lowest BCUT2D eigenvalue weighted by atomic mass is 10.2. The van der Waals surface area contributed by atoms with E-state index >= 15 is 0 Å². The minimum atomic E-state index is -0.548. The number of morpholine rings is 1. The van der Waals surface area contributed by atoms with Gasteiger partial charge in [-0.05, 0) is 26.0 Å². The summed E-state index contributed by atoms with van der Waals surface area (Å²) >= 11 is 7.69. The van der Waals surface area contributed by atoms with E-state index in [-0.39, 0.29) is 10.7 Å². The first-order valence-electron chi connectivity index (χ1n) is 9.67. The normalized spacial score (nSPS) is 13.8. The number of para-hydroxylation sites is 1. The monoisotopic (exact) mass is 460 g/mol. The van der Waals surface area contributed by atoms with Crippen LogP contribution in [0.25, 0.3) is 5.69 Å². The zero-order valence-electron chi connectivity index (χ0n) is 17.0. The molecule has 162 valence electrons. The van der Waals surface area contributed by atoms with Crippen LogP contribution >= 0.6 is 22.9 Å². The molecule has 0 unspecified atom stereocenters. The minimum absolute atomic E-state index is 0.166. The van der Waals surface area contributed by atoms with E-state index in [1.807, 2.05) is 30.3 Å². The van der Waals surface area contributed by atoms with Crippen molar-refractivity contribution in [3.63, 3.8) is 0 Å². The topological polar surface area (TPSA) is 101 Å². The summed E-state index contributed by atoms with van der Waals surface area (Å²) in [4.78, 5) is 32.4. The van der Waals surface area contributed by atoms with Crippen molar-refractivity contribution in [2.75, 3.05) is 31.2 Å². The molecule has 1 saturated heterocycles. The van der Waals surface area contributed by atoms with E-state index in [0.29, 0.717) is 29.5 Å². The standard InChI is InChI=1S/C20H21ClN6O3S/c1-12-15(17(21)27(25-12)14-6-4-3-5-7-14)18(28)23-24-19(29)16-13(2)22-20(31-16)26-8-10-30-11-9-26/h3-7H,8-11H2,1-2H3,(H,23,28)(H,24,29). The van der Waals surface area contributed by atoms with Gasteiger partial charge in [-0.3, -0.25) is 20.4 Å². The van der Waals surface area contributed by atoms with E-state index in [2.05, 4.69) is 25.8 Å². The second-order valence-corrected chi connectivity index (χ2v) is 8.25. The molecule has 1 aromatic carbocycles. The maximum Gasteiger partial charge on any atom is 0.281 e. The summed E-state index contributed by atoms with van der Waals surface area (Å²) in [7, 11) is 0. The third kappa shape index (κ3) is 4.41. The molecule has 9 nitrogen and oxygen atoms in total. The van der Waals surface area contributed by atoms with Crippen LogP contribution in [0.5, 0.6) is 0 Å². The van der Waals surface area contributed by atoms with Gasteiger partial charge in [0.05, 0.1) is 30.3 Å². The van der Waals surface area contributed by atoms with Gasteiger partial charge >= 0.3 is 0 Å². The number of halogens is 1. The molecule has 0 spiro atoms. The molecule has 0 saturated carbocycles. The molecule has 31 heavy (non-hydrogen) atoms. The van der Waals surface area contributed by atoms with E-state index in [1.54, 1.807) is 13.8 Å². The largest absolute Gasteiger partial charge is 0.378 e. The summed E-state index contributed by atoms with van der Waals surface area (Å²) in [6, 6.07) is 9.25. The maximum atomic E-state index is 12.7. The number of carbonyl (C=O) groups excluding carboxylic acids is 2. The summed E-state index contributed by atoms with van der Waals surface area (Å²) in [5, 5.41) is 5.27. The number of aryl methyl sites for hydroxylation is 2. The average Bonchev–Trinajstić information content (AvgIpc) is 3.32. The van der Waals surface area contributed by atoms with E-state index in [4.69, 9.17) is 16.3 Å². The molecule has 1 aliphatic heterocycles. The highest BCUT2D eigenvalue weighted by atomic mass is 35.5. The number of hydrogen-bond acceptors (Lipinski definition) is 7. The number of aromatic nitrogens is 3. The number of rotatable bonds is 4. The van der Waals surface area contributed by atoms with Gasteiger partial charge in [-0.15, -0.1) is 0 Å². The molecule has 3 aromatic rings. The van der Waals surface area contributed by atoms with Crippen molar-refractivity contribution in [2.45, 2.75) is 13.8 Å². The van der Waals surface area contributed by atoms with Crippen LogP contribution in [0.2, 0.25) is 5.15 Å². The number of anilines is 1. The van der Waals surface area contributed by atoms with Crippen molar-refractivity contribution in [2.24, 2.45) is 0 Å². The SMILES string of the molecule is Cc1nc(N2CCOCC2)sc1C(=O)NNC(=O)c1c(C)nn(-c2ccccc2)c1Cl. The molecule has 0 radical (unpaired) electrons. The average molecular weight is 461 g/mol. The zero-order valence-corrected chi connectivity index (χ0v) is 18.6. The Balaban J connectivity index is 1.45. The van der Waals surface area contributed by atoms with Crippen molar-refractivity contribution in [1.82, 2.24) is 25.6 Å². The van der Waals surface area contributed by atoms with E-state index in [1.165, 1.54) is 16.0 Å². The summed E-state index contributed by atoms with van der Waals surface area (Å²) < 4.78 is 6.83. The first kappa shape index (κ1) is 21.3. The molecular weight excluding hydrogens is 440 g/mol. The molecule has 4 rings (SSSR count). The summed E-state index contributed by atoms with van der Waals surface area (Å²) in [6.45, 7) is 6.17. The van der Waals surface area contributed by atoms with Crippen LogP contribution in [-0.4, -0.2) is 52.9 Å².